The number of carbonyl (C=O) groups is 1. The number of hydrogen-bond donors (Lipinski definition) is 0. The maximum Gasteiger partial charge on any atom is 0.222 e. The molecule has 0 bridgehead atoms. The maximum absolute atomic E-state index is 11.8. The van der Waals surface area contributed by atoms with Gasteiger partial charge in [-0.3, -0.25) is 4.79 Å². The van der Waals surface area contributed by atoms with Crippen LogP contribution in [0.4, 0.5) is 0 Å². The Bertz CT molecular complexity index is 201. The van der Waals surface area contributed by atoms with Crippen LogP contribution < -0.4 is 0 Å². The van der Waals surface area contributed by atoms with Crippen molar-refractivity contribution in [1.29, 1.82) is 0 Å². The van der Waals surface area contributed by atoms with Crippen LogP contribution in [0, 0.1) is 5.92 Å². The highest BCUT2D eigenvalue weighted by molar-refractivity contribution is 5.77. The van der Waals surface area contributed by atoms with Crippen LogP contribution in [0.5, 0.6) is 0 Å². The molecule has 1 atom stereocenters. The van der Waals surface area contributed by atoms with Gasteiger partial charge in [0.1, 0.15) is 0 Å². The lowest BCUT2D eigenvalue weighted by molar-refractivity contribution is -0.137. The Kier molecular flexibility index (Phi) is 5.13. The molecule has 0 aromatic heterocycles. The molecule has 0 aromatic carbocycles. The van der Waals surface area contributed by atoms with Crippen molar-refractivity contribution in [3.63, 3.8) is 0 Å². The third-order valence-electron chi connectivity index (χ3n) is 3.14. The van der Waals surface area contributed by atoms with Crippen molar-refractivity contribution in [2.75, 3.05) is 6.54 Å². The largest absolute Gasteiger partial charge is 0.339 e. The van der Waals surface area contributed by atoms with Gasteiger partial charge < -0.3 is 4.90 Å². The molecule has 0 spiro atoms. The number of carbonyl (C=O) groups excluding carboxylic acids is 1. The lowest BCUT2D eigenvalue weighted by Gasteiger charge is -2.37. The van der Waals surface area contributed by atoms with Gasteiger partial charge in [0.05, 0.1) is 0 Å². The second kappa shape index (κ2) is 6.14. The molecule has 0 aromatic rings. The summed E-state index contributed by atoms with van der Waals surface area (Å²) in [6, 6.07) is 0.536. The van der Waals surface area contributed by atoms with E-state index < -0.39 is 0 Å². The minimum absolute atomic E-state index is 0.385. The number of likely N-dealkylation sites (tertiary alicyclic amines) is 1. The van der Waals surface area contributed by atoms with Gasteiger partial charge in [-0.2, -0.15) is 0 Å². The van der Waals surface area contributed by atoms with E-state index in [1.165, 1.54) is 25.7 Å². The zero-order valence-corrected chi connectivity index (χ0v) is 10.5. The van der Waals surface area contributed by atoms with E-state index in [4.69, 9.17) is 0 Å². The minimum Gasteiger partial charge on any atom is -0.339 e. The van der Waals surface area contributed by atoms with E-state index >= 15 is 0 Å². The van der Waals surface area contributed by atoms with Crippen LogP contribution >= 0.6 is 0 Å². The van der Waals surface area contributed by atoms with Gasteiger partial charge in [0, 0.05) is 19.0 Å². The second-order valence-corrected chi connectivity index (χ2v) is 5.13. The Morgan fingerprint density at radius 1 is 1.47 bits per heavy atom. The fourth-order valence-corrected chi connectivity index (χ4v) is 2.38. The summed E-state index contributed by atoms with van der Waals surface area (Å²) in [6.45, 7) is 7.56. The van der Waals surface area contributed by atoms with Crippen molar-refractivity contribution >= 4 is 5.91 Å². The quantitative estimate of drug-likeness (QED) is 0.684. The van der Waals surface area contributed by atoms with Crippen molar-refractivity contribution in [3.05, 3.63) is 0 Å². The van der Waals surface area contributed by atoms with E-state index in [1.807, 2.05) is 0 Å². The standard InChI is InChI=1S/C13H25NO/c1-4-5-7-12-8-6-9-13(15)14(12)10-11(2)3/h11-12H,4-10H2,1-3H3. The third kappa shape index (κ3) is 3.84. The Labute approximate surface area is 94.0 Å². The molecule has 2 nitrogen and oxygen atoms in total. The Morgan fingerprint density at radius 2 is 2.20 bits per heavy atom. The molecule has 1 fully saturated rings. The molecule has 1 unspecified atom stereocenters. The number of hydrogen-bond acceptors (Lipinski definition) is 1. The number of unbranched alkanes of at least 4 members (excludes halogenated alkanes) is 1. The molecular weight excluding hydrogens is 186 g/mol. The third-order valence-corrected chi connectivity index (χ3v) is 3.14. The first-order valence-corrected chi connectivity index (χ1v) is 6.44. The van der Waals surface area contributed by atoms with Crippen LogP contribution in [0.3, 0.4) is 0 Å². The van der Waals surface area contributed by atoms with Crippen LogP contribution in [0.1, 0.15) is 59.3 Å². The summed E-state index contributed by atoms with van der Waals surface area (Å²) >= 11 is 0. The first-order valence-electron chi connectivity index (χ1n) is 6.44. The summed E-state index contributed by atoms with van der Waals surface area (Å²) in [5, 5.41) is 0. The molecule has 0 saturated carbocycles. The molecule has 2 heteroatoms. The van der Waals surface area contributed by atoms with Crippen molar-refractivity contribution in [2.45, 2.75) is 65.3 Å². The van der Waals surface area contributed by atoms with Gasteiger partial charge in [0.2, 0.25) is 5.91 Å². The zero-order chi connectivity index (χ0) is 11.3. The van der Waals surface area contributed by atoms with E-state index in [0.717, 1.165) is 19.4 Å². The molecule has 1 saturated heterocycles. The lowest BCUT2D eigenvalue weighted by Crippen LogP contribution is -2.45. The van der Waals surface area contributed by atoms with Crippen molar-refractivity contribution in [2.24, 2.45) is 5.92 Å². The van der Waals surface area contributed by atoms with Crippen LogP contribution in [0.25, 0.3) is 0 Å². The van der Waals surface area contributed by atoms with Gasteiger partial charge in [-0.05, 0) is 25.2 Å². The fourth-order valence-electron chi connectivity index (χ4n) is 2.38. The molecule has 1 aliphatic heterocycles. The Hall–Kier alpha value is -0.530. The van der Waals surface area contributed by atoms with Crippen molar-refractivity contribution < 1.29 is 4.79 Å². The van der Waals surface area contributed by atoms with Crippen molar-refractivity contribution in [3.8, 4) is 0 Å². The fraction of sp³-hybridized carbons (Fsp3) is 0.923. The maximum atomic E-state index is 11.8. The first kappa shape index (κ1) is 12.5. The summed E-state index contributed by atoms with van der Waals surface area (Å²) in [7, 11) is 0. The zero-order valence-electron chi connectivity index (χ0n) is 10.5. The van der Waals surface area contributed by atoms with Gasteiger partial charge in [0.25, 0.3) is 0 Å². The summed E-state index contributed by atoms with van der Waals surface area (Å²) in [5.74, 6) is 0.979. The van der Waals surface area contributed by atoms with Crippen LogP contribution in [-0.4, -0.2) is 23.4 Å². The summed E-state index contributed by atoms with van der Waals surface area (Å²) in [6.07, 6.45) is 6.79. The molecule has 0 N–H and O–H groups in total. The average molecular weight is 211 g/mol. The van der Waals surface area contributed by atoms with Crippen LogP contribution in [0.15, 0.2) is 0 Å². The number of rotatable bonds is 5. The smallest absolute Gasteiger partial charge is 0.222 e. The Balaban J connectivity index is 2.52. The van der Waals surface area contributed by atoms with Gasteiger partial charge in [-0.25, -0.2) is 0 Å². The second-order valence-electron chi connectivity index (χ2n) is 5.13. The van der Waals surface area contributed by atoms with E-state index in [2.05, 4.69) is 25.7 Å². The van der Waals surface area contributed by atoms with Crippen molar-refractivity contribution in [1.82, 2.24) is 4.90 Å². The molecule has 0 radical (unpaired) electrons. The van der Waals surface area contributed by atoms with Gasteiger partial charge >= 0.3 is 0 Å². The van der Waals surface area contributed by atoms with E-state index in [-0.39, 0.29) is 0 Å². The number of amides is 1. The predicted octanol–water partition coefficient (Wildman–Crippen LogP) is 3.21. The predicted molar refractivity (Wildman–Crippen MR) is 63.7 cm³/mol. The monoisotopic (exact) mass is 211 g/mol. The number of piperidine rings is 1. The molecule has 15 heavy (non-hydrogen) atoms. The van der Waals surface area contributed by atoms with Crippen LogP contribution in [-0.2, 0) is 4.79 Å². The van der Waals surface area contributed by atoms with Gasteiger partial charge in [0.15, 0.2) is 0 Å². The first-order chi connectivity index (χ1) is 7.15. The summed E-state index contributed by atoms with van der Waals surface area (Å²) in [5.41, 5.74) is 0. The summed E-state index contributed by atoms with van der Waals surface area (Å²) in [4.78, 5) is 14.0. The topological polar surface area (TPSA) is 20.3 Å². The highest BCUT2D eigenvalue weighted by Gasteiger charge is 2.27. The van der Waals surface area contributed by atoms with E-state index in [9.17, 15) is 4.79 Å². The molecule has 0 aliphatic carbocycles. The highest BCUT2D eigenvalue weighted by Crippen LogP contribution is 2.23. The molecule has 1 aliphatic rings. The highest BCUT2D eigenvalue weighted by atomic mass is 16.2. The molecule has 1 heterocycles. The van der Waals surface area contributed by atoms with Crippen LogP contribution in [0.2, 0.25) is 0 Å². The minimum atomic E-state index is 0.385. The average Bonchev–Trinajstić information content (AvgIpc) is 2.18. The molecule has 1 amide bonds. The lowest BCUT2D eigenvalue weighted by atomic mass is 9.96. The molecule has 1 rings (SSSR count). The van der Waals surface area contributed by atoms with E-state index in [1.54, 1.807) is 0 Å². The summed E-state index contributed by atoms with van der Waals surface area (Å²) < 4.78 is 0. The van der Waals surface area contributed by atoms with Gasteiger partial charge in [-0.1, -0.05) is 33.6 Å². The molecular formula is C13H25NO. The Morgan fingerprint density at radius 3 is 2.80 bits per heavy atom. The molecule has 88 valence electrons. The normalized spacial score (nSPS) is 22.5. The SMILES string of the molecule is CCCCC1CCCC(=O)N1CC(C)C. The van der Waals surface area contributed by atoms with E-state index in [0.29, 0.717) is 17.9 Å². The van der Waals surface area contributed by atoms with Gasteiger partial charge in [-0.15, -0.1) is 0 Å². The number of nitrogens with zero attached hydrogens (tertiary/aromatic N) is 1.